The van der Waals surface area contributed by atoms with Crippen molar-refractivity contribution in [3.63, 3.8) is 0 Å². The zero-order valence-corrected chi connectivity index (χ0v) is 11.5. The Bertz CT molecular complexity index is 377. The lowest BCUT2D eigenvalue weighted by Gasteiger charge is -2.14. The molecule has 90 valence electrons. The van der Waals surface area contributed by atoms with Gasteiger partial charge in [0.2, 0.25) is 0 Å². The van der Waals surface area contributed by atoms with E-state index >= 15 is 0 Å². The second-order valence-electron chi connectivity index (χ2n) is 3.41. The minimum atomic E-state index is -0.343. The summed E-state index contributed by atoms with van der Waals surface area (Å²) in [5.41, 5.74) is -0.343. The molecule has 4 nitrogen and oxygen atoms in total. The quantitative estimate of drug-likeness (QED) is 0.624. The minimum absolute atomic E-state index is 0.171. The largest absolute Gasteiger partial charge is 0.396 e. The molecule has 0 spiro atoms. The number of thioether (sulfide) groups is 1. The Morgan fingerprint density at radius 1 is 1.62 bits per heavy atom. The number of nitrogens with one attached hydrogen (secondary N) is 1. The number of halogens is 1. The van der Waals surface area contributed by atoms with E-state index in [9.17, 15) is 4.79 Å². The predicted octanol–water partition coefficient (Wildman–Crippen LogP) is 2.18. The van der Waals surface area contributed by atoms with Crippen LogP contribution in [0.1, 0.15) is 26.2 Å². The summed E-state index contributed by atoms with van der Waals surface area (Å²) >= 11 is 4.92. The van der Waals surface area contributed by atoms with Crippen LogP contribution in [0.5, 0.6) is 0 Å². The molecule has 1 aromatic heterocycles. The third kappa shape index (κ3) is 4.27. The van der Waals surface area contributed by atoms with Crippen LogP contribution in [0.15, 0.2) is 20.5 Å². The third-order valence-corrected chi connectivity index (χ3v) is 4.30. The van der Waals surface area contributed by atoms with Gasteiger partial charge in [-0.05, 0) is 28.8 Å². The number of aromatic amines is 1. The highest BCUT2D eigenvalue weighted by Crippen LogP contribution is 2.30. The van der Waals surface area contributed by atoms with Crippen molar-refractivity contribution in [3.05, 3.63) is 21.2 Å². The molecular weight excluding hydrogens is 292 g/mol. The van der Waals surface area contributed by atoms with Crippen molar-refractivity contribution < 1.29 is 5.11 Å². The topological polar surface area (TPSA) is 66.0 Å². The van der Waals surface area contributed by atoms with Gasteiger partial charge in [0.15, 0.2) is 0 Å². The highest BCUT2D eigenvalue weighted by Gasteiger charge is 2.12. The number of aliphatic hydroxyl groups excluding tert-OH is 1. The number of H-pyrrole nitrogens is 1. The van der Waals surface area contributed by atoms with Crippen LogP contribution < -0.4 is 5.69 Å². The number of aliphatic hydroxyl groups is 1. The van der Waals surface area contributed by atoms with E-state index in [0.29, 0.717) is 5.25 Å². The van der Waals surface area contributed by atoms with Crippen LogP contribution in [-0.2, 0) is 0 Å². The average Bonchev–Trinajstić information content (AvgIpc) is 2.24. The van der Waals surface area contributed by atoms with Gasteiger partial charge in [-0.2, -0.15) is 0 Å². The van der Waals surface area contributed by atoms with Gasteiger partial charge < -0.3 is 5.11 Å². The molecule has 2 N–H and O–H groups in total. The van der Waals surface area contributed by atoms with Crippen LogP contribution in [0.3, 0.4) is 0 Å². The van der Waals surface area contributed by atoms with Gasteiger partial charge in [0.25, 0.3) is 0 Å². The van der Waals surface area contributed by atoms with E-state index in [2.05, 4.69) is 32.8 Å². The molecule has 0 saturated carbocycles. The lowest BCUT2D eigenvalue weighted by molar-refractivity contribution is 0.285. The first-order valence-corrected chi connectivity index (χ1v) is 6.87. The Morgan fingerprint density at radius 2 is 2.38 bits per heavy atom. The molecule has 0 radical (unpaired) electrons. The zero-order valence-electron chi connectivity index (χ0n) is 9.07. The molecule has 1 heterocycles. The third-order valence-electron chi connectivity index (χ3n) is 2.08. The highest BCUT2D eigenvalue weighted by molar-refractivity contribution is 9.10. The molecule has 0 amide bonds. The van der Waals surface area contributed by atoms with Crippen molar-refractivity contribution in [1.82, 2.24) is 9.97 Å². The number of hydrogen-bond donors (Lipinski definition) is 2. The number of rotatable bonds is 6. The standard InChI is InChI=1S/C10H15BrN2O2S/c1-2-3-7(4-5-14)16-9-8(11)6-12-10(15)13-9/h6-7,14H,2-5H2,1H3,(H,12,13,15). The van der Waals surface area contributed by atoms with E-state index in [1.54, 1.807) is 11.8 Å². The summed E-state index contributed by atoms with van der Waals surface area (Å²) in [6.07, 6.45) is 4.31. The summed E-state index contributed by atoms with van der Waals surface area (Å²) < 4.78 is 0.788. The van der Waals surface area contributed by atoms with Crippen LogP contribution in [0.2, 0.25) is 0 Å². The predicted molar refractivity (Wildman–Crippen MR) is 68.8 cm³/mol. The Labute approximate surface area is 107 Å². The van der Waals surface area contributed by atoms with E-state index in [1.165, 1.54) is 6.20 Å². The molecule has 1 unspecified atom stereocenters. The Hall–Kier alpha value is -0.330. The molecule has 0 aliphatic rings. The van der Waals surface area contributed by atoms with Crippen LogP contribution in [0, 0.1) is 0 Å². The van der Waals surface area contributed by atoms with E-state index in [-0.39, 0.29) is 12.3 Å². The summed E-state index contributed by atoms with van der Waals surface area (Å²) in [5, 5.41) is 10.1. The molecule has 0 aliphatic carbocycles. The van der Waals surface area contributed by atoms with E-state index in [1.807, 2.05) is 0 Å². The summed E-state index contributed by atoms with van der Waals surface area (Å²) in [4.78, 5) is 17.4. The molecule has 0 saturated heterocycles. The van der Waals surface area contributed by atoms with Gasteiger partial charge >= 0.3 is 5.69 Å². The Kier molecular flexibility index (Phi) is 6.08. The van der Waals surface area contributed by atoms with Gasteiger partial charge in [-0.25, -0.2) is 9.78 Å². The van der Waals surface area contributed by atoms with Crippen molar-refractivity contribution in [1.29, 1.82) is 0 Å². The second-order valence-corrected chi connectivity index (χ2v) is 5.57. The SMILES string of the molecule is CCCC(CCO)Sc1[nH]c(=O)ncc1Br. The first kappa shape index (κ1) is 13.7. The van der Waals surface area contributed by atoms with Crippen LogP contribution in [0.4, 0.5) is 0 Å². The zero-order chi connectivity index (χ0) is 12.0. The lowest BCUT2D eigenvalue weighted by Crippen LogP contribution is -2.12. The van der Waals surface area contributed by atoms with E-state index in [4.69, 9.17) is 5.11 Å². The fraction of sp³-hybridized carbons (Fsp3) is 0.600. The van der Waals surface area contributed by atoms with Crippen molar-refractivity contribution in [2.24, 2.45) is 0 Å². The molecule has 0 bridgehead atoms. The fourth-order valence-electron chi connectivity index (χ4n) is 1.34. The summed E-state index contributed by atoms with van der Waals surface area (Å²) in [6, 6.07) is 0. The molecule has 0 aromatic carbocycles. The van der Waals surface area contributed by atoms with Crippen LogP contribution in [0.25, 0.3) is 0 Å². The van der Waals surface area contributed by atoms with Gasteiger partial charge in [0.05, 0.1) is 9.50 Å². The molecule has 1 aromatic rings. The lowest BCUT2D eigenvalue weighted by atomic mass is 10.2. The smallest absolute Gasteiger partial charge is 0.345 e. The highest BCUT2D eigenvalue weighted by atomic mass is 79.9. The van der Waals surface area contributed by atoms with Gasteiger partial charge in [-0.3, -0.25) is 4.98 Å². The van der Waals surface area contributed by atoms with E-state index < -0.39 is 0 Å². The second kappa shape index (κ2) is 7.09. The summed E-state index contributed by atoms with van der Waals surface area (Å²) in [6.45, 7) is 2.28. The molecule has 0 aliphatic heterocycles. The fourth-order valence-corrected chi connectivity index (χ4v) is 3.05. The number of nitrogens with zero attached hydrogens (tertiary/aromatic N) is 1. The molecular formula is C10H15BrN2O2S. The maximum atomic E-state index is 11.1. The maximum Gasteiger partial charge on any atom is 0.345 e. The van der Waals surface area contributed by atoms with Crippen molar-refractivity contribution in [2.75, 3.05) is 6.61 Å². The number of hydrogen-bond acceptors (Lipinski definition) is 4. The normalized spacial score (nSPS) is 12.7. The van der Waals surface area contributed by atoms with Gasteiger partial charge in [0.1, 0.15) is 0 Å². The first-order valence-electron chi connectivity index (χ1n) is 5.19. The van der Waals surface area contributed by atoms with Crippen molar-refractivity contribution in [3.8, 4) is 0 Å². The van der Waals surface area contributed by atoms with E-state index in [0.717, 1.165) is 28.8 Å². The summed E-state index contributed by atoms with van der Waals surface area (Å²) in [7, 11) is 0. The van der Waals surface area contributed by atoms with Crippen molar-refractivity contribution in [2.45, 2.75) is 36.5 Å². The molecule has 0 fully saturated rings. The first-order chi connectivity index (χ1) is 7.67. The monoisotopic (exact) mass is 306 g/mol. The average molecular weight is 307 g/mol. The molecule has 6 heteroatoms. The minimum Gasteiger partial charge on any atom is -0.396 e. The summed E-state index contributed by atoms with van der Waals surface area (Å²) in [5.74, 6) is 0. The Morgan fingerprint density at radius 3 is 3.00 bits per heavy atom. The Balaban J connectivity index is 2.75. The van der Waals surface area contributed by atoms with Gasteiger partial charge in [-0.1, -0.05) is 13.3 Å². The van der Waals surface area contributed by atoms with Gasteiger partial charge in [-0.15, -0.1) is 11.8 Å². The number of aromatic nitrogens is 2. The van der Waals surface area contributed by atoms with Crippen molar-refractivity contribution >= 4 is 27.7 Å². The van der Waals surface area contributed by atoms with Gasteiger partial charge in [0, 0.05) is 18.1 Å². The van der Waals surface area contributed by atoms with Crippen LogP contribution in [-0.4, -0.2) is 26.9 Å². The maximum absolute atomic E-state index is 11.1. The molecule has 1 atom stereocenters. The molecule has 16 heavy (non-hydrogen) atoms. The van der Waals surface area contributed by atoms with Crippen LogP contribution >= 0.6 is 27.7 Å². The molecule has 1 rings (SSSR count).